The molecule has 1 fully saturated rings. The minimum Gasteiger partial charge on any atom is -0.493 e. The first kappa shape index (κ1) is 23.3. The van der Waals surface area contributed by atoms with Crippen molar-refractivity contribution >= 4 is 35.3 Å². The molecule has 13 nitrogen and oxygen atoms in total. The maximum absolute atomic E-state index is 13.2. The smallest absolute Gasteiger partial charge is 0.335 e. The highest BCUT2D eigenvalue weighted by Gasteiger charge is 2.37. The van der Waals surface area contributed by atoms with Gasteiger partial charge in [-0.2, -0.15) is 0 Å². The molecule has 2 aliphatic heterocycles. The average molecular weight is 504 g/mol. The molecule has 3 aromatic rings. The van der Waals surface area contributed by atoms with Crippen molar-refractivity contribution in [3.8, 4) is 28.9 Å². The van der Waals surface area contributed by atoms with Crippen molar-refractivity contribution in [2.75, 3.05) is 18.8 Å². The highest BCUT2D eigenvalue weighted by atomic mass is 16.7. The van der Waals surface area contributed by atoms with Gasteiger partial charge in [-0.15, -0.1) is 0 Å². The number of nitro groups is 1. The van der Waals surface area contributed by atoms with Crippen LogP contribution in [0.15, 0.2) is 60.3 Å². The Labute approximate surface area is 208 Å². The lowest BCUT2D eigenvalue weighted by molar-refractivity contribution is -0.385. The number of aromatic nitrogens is 1. The zero-order chi connectivity index (χ0) is 26.1. The minimum atomic E-state index is -0.900. The number of amides is 4. The van der Waals surface area contributed by atoms with Gasteiger partial charge in [-0.25, -0.2) is 14.7 Å². The summed E-state index contributed by atoms with van der Waals surface area (Å²) in [7, 11) is 1.39. The van der Waals surface area contributed by atoms with Crippen LogP contribution in [-0.4, -0.2) is 41.7 Å². The van der Waals surface area contributed by atoms with Crippen LogP contribution >= 0.6 is 0 Å². The fourth-order valence-corrected chi connectivity index (χ4v) is 3.59. The molecule has 0 radical (unpaired) electrons. The SMILES string of the molecule is COc1cc(/C=C2\C(=O)NC(=O)N(c3ccc4c(c3)OCO4)C2=O)ccc1Oc1ccc([N+](=O)[O-])cn1. The molecule has 186 valence electrons. The van der Waals surface area contributed by atoms with Crippen LogP contribution in [0.3, 0.4) is 0 Å². The van der Waals surface area contributed by atoms with E-state index in [1.807, 2.05) is 0 Å². The van der Waals surface area contributed by atoms with E-state index in [0.717, 1.165) is 11.1 Å². The standard InChI is InChI=1S/C24H16N4O9/c1-34-19-9-13(2-5-18(19)37-21-7-4-15(11-25-21)28(32)33)8-16-22(29)26-24(31)27(23(16)30)14-3-6-17-20(10-14)36-12-35-17/h2-11H,12H2,1H3,(H,26,29,31)/b16-8+. The predicted molar refractivity (Wildman–Crippen MR) is 126 cm³/mol. The monoisotopic (exact) mass is 504 g/mol. The fraction of sp³-hybridized carbons (Fsp3) is 0.0833. The highest BCUT2D eigenvalue weighted by Crippen LogP contribution is 2.37. The van der Waals surface area contributed by atoms with Gasteiger partial charge in [0.1, 0.15) is 11.8 Å². The quantitative estimate of drug-likeness (QED) is 0.229. The molecule has 1 aromatic heterocycles. The molecule has 0 atom stereocenters. The van der Waals surface area contributed by atoms with Gasteiger partial charge >= 0.3 is 6.03 Å². The molecule has 5 rings (SSSR count). The van der Waals surface area contributed by atoms with E-state index >= 15 is 0 Å². The normalized spacial score (nSPS) is 15.5. The van der Waals surface area contributed by atoms with Crippen LogP contribution in [0.5, 0.6) is 28.9 Å². The topological polar surface area (TPSA) is 159 Å². The van der Waals surface area contributed by atoms with Crippen molar-refractivity contribution in [2.24, 2.45) is 0 Å². The maximum atomic E-state index is 13.2. The number of benzene rings is 2. The van der Waals surface area contributed by atoms with Crippen LogP contribution in [0.4, 0.5) is 16.2 Å². The second-order valence-electron chi connectivity index (χ2n) is 7.62. The number of hydrogen-bond donors (Lipinski definition) is 1. The Morgan fingerprint density at radius 3 is 2.59 bits per heavy atom. The van der Waals surface area contributed by atoms with Gasteiger partial charge in [0, 0.05) is 18.2 Å². The Bertz CT molecular complexity index is 1480. The molecule has 1 saturated heterocycles. The second kappa shape index (κ2) is 9.30. The van der Waals surface area contributed by atoms with E-state index in [1.165, 1.54) is 49.6 Å². The molecule has 0 unspecified atom stereocenters. The van der Waals surface area contributed by atoms with Crippen molar-refractivity contribution in [3.05, 3.63) is 76.0 Å². The maximum Gasteiger partial charge on any atom is 0.335 e. The molecular formula is C24H16N4O9. The van der Waals surface area contributed by atoms with E-state index in [-0.39, 0.29) is 41.1 Å². The molecule has 13 heteroatoms. The lowest BCUT2D eigenvalue weighted by Gasteiger charge is -2.26. The second-order valence-corrected chi connectivity index (χ2v) is 7.62. The number of hydrogen-bond acceptors (Lipinski definition) is 10. The number of pyridine rings is 1. The number of nitrogens with zero attached hydrogens (tertiary/aromatic N) is 3. The number of carbonyl (C=O) groups excluding carboxylic acids is 3. The molecule has 2 aromatic carbocycles. The molecule has 0 spiro atoms. The molecule has 37 heavy (non-hydrogen) atoms. The molecule has 0 bridgehead atoms. The number of imide groups is 2. The summed E-state index contributed by atoms with van der Waals surface area (Å²) in [6.45, 7) is 0.0182. The molecule has 0 saturated carbocycles. The van der Waals surface area contributed by atoms with E-state index < -0.39 is 22.8 Å². The lowest BCUT2D eigenvalue weighted by Crippen LogP contribution is -2.54. The lowest BCUT2D eigenvalue weighted by atomic mass is 10.1. The summed E-state index contributed by atoms with van der Waals surface area (Å²) in [5.74, 6) is -0.287. The van der Waals surface area contributed by atoms with Gasteiger partial charge in [-0.05, 0) is 35.9 Å². The number of carbonyl (C=O) groups is 3. The Morgan fingerprint density at radius 1 is 1.05 bits per heavy atom. The first-order chi connectivity index (χ1) is 17.8. The van der Waals surface area contributed by atoms with Gasteiger partial charge in [-0.1, -0.05) is 6.07 Å². The zero-order valence-electron chi connectivity index (χ0n) is 19.0. The zero-order valence-corrected chi connectivity index (χ0v) is 19.0. The first-order valence-electron chi connectivity index (χ1n) is 10.6. The van der Waals surface area contributed by atoms with E-state index in [2.05, 4.69) is 10.3 Å². The summed E-state index contributed by atoms with van der Waals surface area (Å²) in [5, 5.41) is 13.0. The van der Waals surface area contributed by atoms with Crippen molar-refractivity contribution in [1.82, 2.24) is 10.3 Å². The molecule has 3 heterocycles. The van der Waals surface area contributed by atoms with Gasteiger partial charge in [0.25, 0.3) is 17.5 Å². The number of urea groups is 1. The Morgan fingerprint density at radius 2 is 1.86 bits per heavy atom. The van der Waals surface area contributed by atoms with Crippen LogP contribution in [0.1, 0.15) is 5.56 Å². The fourth-order valence-electron chi connectivity index (χ4n) is 3.59. The third kappa shape index (κ3) is 4.48. The van der Waals surface area contributed by atoms with E-state index in [1.54, 1.807) is 12.1 Å². The van der Waals surface area contributed by atoms with E-state index in [0.29, 0.717) is 17.1 Å². The van der Waals surface area contributed by atoms with Gasteiger partial charge in [0.05, 0.1) is 17.7 Å². The Hall–Kier alpha value is -5.46. The summed E-state index contributed by atoms with van der Waals surface area (Å²) >= 11 is 0. The van der Waals surface area contributed by atoms with Crippen LogP contribution in [0.2, 0.25) is 0 Å². The number of barbiturate groups is 1. The van der Waals surface area contributed by atoms with Crippen LogP contribution in [-0.2, 0) is 9.59 Å². The van der Waals surface area contributed by atoms with Gasteiger partial charge in [0.2, 0.25) is 12.7 Å². The number of methoxy groups -OCH3 is 1. The number of fused-ring (bicyclic) bond motifs is 1. The minimum absolute atomic E-state index is 0.0182. The van der Waals surface area contributed by atoms with Gasteiger partial charge in [-0.3, -0.25) is 25.0 Å². The molecule has 0 aliphatic carbocycles. The molecular weight excluding hydrogens is 488 g/mol. The summed E-state index contributed by atoms with van der Waals surface area (Å²) in [6.07, 6.45) is 2.36. The molecule has 1 N–H and O–H groups in total. The summed E-state index contributed by atoms with van der Waals surface area (Å²) in [4.78, 5) is 53.1. The number of anilines is 1. The average Bonchev–Trinajstić information content (AvgIpc) is 3.35. The Balaban J connectivity index is 1.42. The third-order valence-electron chi connectivity index (χ3n) is 5.36. The molecule has 2 aliphatic rings. The van der Waals surface area contributed by atoms with Crippen LogP contribution in [0, 0.1) is 10.1 Å². The van der Waals surface area contributed by atoms with Crippen LogP contribution < -0.4 is 29.2 Å². The van der Waals surface area contributed by atoms with Crippen molar-refractivity contribution in [1.29, 1.82) is 0 Å². The largest absolute Gasteiger partial charge is 0.493 e. The summed E-state index contributed by atoms with van der Waals surface area (Å²) < 4.78 is 21.6. The predicted octanol–water partition coefficient (Wildman–Crippen LogP) is 3.19. The number of nitrogens with one attached hydrogen (secondary N) is 1. The highest BCUT2D eigenvalue weighted by molar-refractivity contribution is 6.39. The molecule has 4 amide bonds. The van der Waals surface area contributed by atoms with Gasteiger partial charge < -0.3 is 18.9 Å². The third-order valence-corrected chi connectivity index (χ3v) is 5.36. The Kier molecular flexibility index (Phi) is 5.85. The van der Waals surface area contributed by atoms with E-state index in [9.17, 15) is 24.5 Å². The number of rotatable bonds is 6. The summed E-state index contributed by atoms with van der Waals surface area (Å²) in [5.41, 5.74) is 0.122. The van der Waals surface area contributed by atoms with Crippen molar-refractivity contribution in [3.63, 3.8) is 0 Å². The van der Waals surface area contributed by atoms with Crippen LogP contribution in [0.25, 0.3) is 6.08 Å². The van der Waals surface area contributed by atoms with Crippen molar-refractivity contribution in [2.45, 2.75) is 0 Å². The summed E-state index contributed by atoms with van der Waals surface area (Å²) in [6, 6.07) is 10.8. The van der Waals surface area contributed by atoms with Crippen molar-refractivity contribution < 1.29 is 38.3 Å². The number of ether oxygens (including phenoxy) is 4. The first-order valence-corrected chi connectivity index (χ1v) is 10.6. The van der Waals surface area contributed by atoms with E-state index in [4.69, 9.17) is 18.9 Å². The van der Waals surface area contributed by atoms with Gasteiger partial charge in [0.15, 0.2) is 23.0 Å².